The third-order valence-corrected chi connectivity index (χ3v) is 17.6. The molecule has 0 saturated carbocycles. The number of nitrogens with zero attached hydrogens (tertiary/aromatic N) is 2. The second-order valence-electron chi connectivity index (χ2n) is 8.05. The summed E-state index contributed by atoms with van der Waals surface area (Å²) >= 11 is 39.1. The quantitative estimate of drug-likeness (QED) is 0.145. The zero-order valence-electron chi connectivity index (χ0n) is 19.9. The van der Waals surface area contributed by atoms with E-state index in [1.54, 1.807) is 97.1 Å². The van der Waals surface area contributed by atoms with Crippen molar-refractivity contribution in [3.63, 3.8) is 0 Å². The van der Waals surface area contributed by atoms with Crippen LogP contribution < -0.4 is 23.0 Å². The molecule has 0 saturated heterocycles. The Labute approximate surface area is 262 Å². The molecular formula is C24H18Cl6N3O4P3. The Morgan fingerprint density at radius 1 is 0.600 bits per heavy atom. The summed E-state index contributed by atoms with van der Waals surface area (Å²) in [5, 5.41) is 2.03. The van der Waals surface area contributed by atoms with Gasteiger partial charge in [0.05, 0.1) is 0 Å². The summed E-state index contributed by atoms with van der Waals surface area (Å²) < 4.78 is 31.5. The van der Waals surface area contributed by atoms with E-state index in [0.29, 0.717) is 43.1 Å². The summed E-state index contributed by atoms with van der Waals surface area (Å²) in [4.78, 5) is 3.10. The first-order valence-corrected chi connectivity index (χ1v) is 18.5. The van der Waals surface area contributed by atoms with Gasteiger partial charge < -0.3 is 0 Å². The van der Waals surface area contributed by atoms with Crippen molar-refractivity contribution in [2.75, 3.05) is 0 Å². The minimum absolute atomic E-state index is 0.312. The normalized spacial score (nSPS) is 19.0. The van der Waals surface area contributed by atoms with E-state index in [2.05, 4.69) is 9.37 Å². The Morgan fingerprint density at radius 3 is 1.27 bits per heavy atom. The van der Waals surface area contributed by atoms with Gasteiger partial charge in [-0.3, -0.25) is 0 Å². The number of rotatable bonds is 8. The van der Waals surface area contributed by atoms with E-state index < -0.39 is 23.3 Å². The zero-order valence-corrected chi connectivity index (χ0v) is 27.3. The Hall–Kier alpha value is -1.17. The second kappa shape index (κ2) is 12.2. The number of nitrogens with one attached hydrogen (secondary N) is 1. The van der Waals surface area contributed by atoms with Crippen LogP contribution in [-0.4, -0.2) is 3.96 Å². The van der Waals surface area contributed by atoms with Gasteiger partial charge in [-0.05, 0) is 0 Å². The third kappa shape index (κ3) is 6.73. The molecule has 1 unspecified atom stereocenters. The molecule has 0 radical (unpaired) electrons. The second-order valence-corrected chi connectivity index (χ2v) is 18.8. The van der Waals surface area contributed by atoms with Crippen LogP contribution in [0.2, 0.25) is 20.1 Å². The summed E-state index contributed by atoms with van der Waals surface area (Å²) in [6.07, 6.45) is 0. The van der Waals surface area contributed by atoms with Crippen LogP contribution in [0.4, 0.5) is 0 Å². The van der Waals surface area contributed by atoms with Crippen molar-refractivity contribution < 1.29 is 18.1 Å². The first-order valence-electron chi connectivity index (χ1n) is 11.2. The Bertz CT molecular complexity index is 1450. The van der Waals surface area contributed by atoms with Crippen molar-refractivity contribution in [3.05, 3.63) is 117 Å². The standard InChI is InChI=1S/C24H18Cl6N3O4P3/c25-17-1-9-21(10-2-17)34-39(35-22-11-3-18(26)4-12-22)31-38-32-40(30,33(39)29,36-23-13-5-19(27)6-14-23)37-24-15-7-20(28)8-16-24/h1-16,32,38H. The van der Waals surface area contributed by atoms with Crippen LogP contribution in [0.25, 0.3) is 0 Å². The van der Waals surface area contributed by atoms with Gasteiger partial charge in [-0.2, -0.15) is 0 Å². The summed E-state index contributed by atoms with van der Waals surface area (Å²) in [6, 6.07) is 26.4. The molecule has 1 aliphatic rings. The molecule has 7 nitrogen and oxygen atoms in total. The number of hydrogen-bond donors (Lipinski definition) is 1. The van der Waals surface area contributed by atoms with Gasteiger partial charge in [0.2, 0.25) is 0 Å². The molecule has 0 bridgehead atoms. The fourth-order valence-corrected chi connectivity index (χ4v) is 14.3. The van der Waals surface area contributed by atoms with Crippen molar-refractivity contribution in [1.29, 1.82) is 0 Å². The van der Waals surface area contributed by atoms with E-state index in [4.69, 9.17) is 87.5 Å². The van der Waals surface area contributed by atoms with Gasteiger partial charge in [0, 0.05) is 0 Å². The first-order chi connectivity index (χ1) is 19.1. The van der Waals surface area contributed by atoms with Crippen molar-refractivity contribution in [1.82, 2.24) is 8.82 Å². The number of halogens is 6. The Morgan fingerprint density at radius 2 is 0.925 bits per heavy atom. The van der Waals surface area contributed by atoms with Gasteiger partial charge in [0.1, 0.15) is 0 Å². The van der Waals surface area contributed by atoms with Crippen LogP contribution in [0.5, 0.6) is 23.0 Å². The molecule has 210 valence electrons. The maximum atomic E-state index is 7.48. The average molecular weight is 718 g/mol. The molecule has 0 spiro atoms. The van der Waals surface area contributed by atoms with Gasteiger partial charge in [-0.25, -0.2) is 0 Å². The molecule has 16 heteroatoms. The molecular weight excluding hydrogens is 700 g/mol. The molecule has 40 heavy (non-hydrogen) atoms. The summed E-state index contributed by atoms with van der Waals surface area (Å²) in [7, 11) is -4.14. The van der Waals surface area contributed by atoms with E-state index in [1.807, 2.05) is 0 Å². The minimum atomic E-state index is -4.88. The monoisotopic (exact) mass is 715 g/mol. The van der Waals surface area contributed by atoms with Crippen molar-refractivity contribution in [3.8, 4) is 23.0 Å². The molecule has 1 aliphatic heterocycles. The van der Waals surface area contributed by atoms with E-state index in [0.717, 1.165) is 3.96 Å². The molecule has 0 aromatic heterocycles. The fourth-order valence-electron chi connectivity index (χ4n) is 3.32. The van der Waals surface area contributed by atoms with Crippen LogP contribution in [0.15, 0.2) is 102 Å². The predicted octanol–water partition coefficient (Wildman–Crippen LogP) is 11.8. The Balaban J connectivity index is 1.65. The molecule has 1 heterocycles. The topological polar surface area (TPSA) is 64.5 Å². The molecule has 1 N–H and O–H groups in total. The first kappa shape index (κ1) is 30.3. The van der Waals surface area contributed by atoms with Crippen molar-refractivity contribution >= 4 is 92.7 Å². The van der Waals surface area contributed by atoms with Gasteiger partial charge in [-0.1, -0.05) is 0 Å². The van der Waals surface area contributed by atoms with Gasteiger partial charge in [0.15, 0.2) is 0 Å². The van der Waals surface area contributed by atoms with Crippen LogP contribution in [0, 0.1) is 0 Å². The fraction of sp³-hybridized carbons (Fsp3) is 0. The van der Waals surface area contributed by atoms with Gasteiger partial charge in [0.25, 0.3) is 0 Å². The van der Waals surface area contributed by atoms with Crippen LogP contribution in [0.3, 0.4) is 0 Å². The van der Waals surface area contributed by atoms with Crippen molar-refractivity contribution in [2.24, 2.45) is 4.52 Å². The number of benzene rings is 4. The van der Waals surface area contributed by atoms with Crippen LogP contribution in [0.1, 0.15) is 0 Å². The van der Waals surface area contributed by atoms with Gasteiger partial charge >= 0.3 is 264 Å². The van der Waals surface area contributed by atoms with E-state index >= 15 is 0 Å². The summed E-state index contributed by atoms with van der Waals surface area (Å²) in [5.41, 5.74) is 0. The summed E-state index contributed by atoms with van der Waals surface area (Å²) in [5.74, 6) is 1.36. The molecule has 1 atom stereocenters. The average Bonchev–Trinajstić information content (AvgIpc) is 2.93. The molecule has 0 aliphatic carbocycles. The van der Waals surface area contributed by atoms with E-state index in [1.165, 1.54) is 0 Å². The van der Waals surface area contributed by atoms with Gasteiger partial charge in [-0.15, -0.1) is 0 Å². The SMILES string of the molecule is Clc1ccc(OP2(Oc3ccc(Cl)cc3)=NPNP(Cl)(Oc3ccc(Cl)cc3)(Oc3ccc(Cl)cc3)N2Cl)cc1. The molecule has 4 aromatic carbocycles. The Kier molecular flexibility index (Phi) is 9.25. The van der Waals surface area contributed by atoms with Crippen LogP contribution >= 0.6 is 92.7 Å². The predicted molar refractivity (Wildman–Crippen MR) is 170 cm³/mol. The molecule has 5 rings (SSSR count). The van der Waals surface area contributed by atoms with Crippen LogP contribution in [-0.2, 0) is 0 Å². The third-order valence-electron chi connectivity index (χ3n) is 5.13. The number of hydrogen-bond acceptors (Lipinski definition) is 7. The molecule has 0 amide bonds. The van der Waals surface area contributed by atoms with Crippen molar-refractivity contribution in [2.45, 2.75) is 0 Å². The molecule has 4 aromatic rings. The van der Waals surface area contributed by atoms with E-state index in [9.17, 15) is 0 Å². The van der Waals surface area contributed by atoms with E-state index in [-0.39, 0.29) is 0 Å². The molecule has 0 fully saturated rings. The zero-order chi connectivity index (χ0) is 28.4. The maximum absolute atomic E-state index is 7.48. The summed E-state index contributed by atoms with van der Waals surface area (Å²) in [6.45, 7) is -4.88.